The van der Waals surface area contributed by atoms with Crippen LogP contribution in [-0.4, -0.2) is 23.9 Å². The zero-order chi connectivity index (χ0) is 11.5. The van der Waals surface area contributed by atoms with Crippen LogP contribution in [0.15, 0.2) is 0 Å². The summed E-state index contributed by atoms with van der Waals surface area (Å²) in [5.41, 5.74) is 0.871. The Morgan fingerprint density at radius 2 is 2.38 bits per heavy atom. The standard InChI is InChI=1S/C12H18N2OS/c1-3-10-6-4-5-7-14(10)12-13-9(2)11(8-15)16-12/h8,10H,3-7H2,1-2H3. The lowest BCUT2D eigenvalue weighted by molar-refractivity contribution is 0.112. The van der Waals surface area contributed by atoms with Crippen LogP contribution in [0.4, 0.5) is 5.13 Å². The summed E-state index contributed by atoms with van der Waals surface area (Å²) in [6, 6.07) is 0.610. The van der Waals surface area contributed by atoms with E-state index in [2.05, 4.69) is 16.8 Å². The van der Waals surface area contributed by atoms with Gasteiger partial charge in [-0.1, -0.05) is 18.3 Å². The summed E-state index contributed by atoms with van der Waals surface area (Å²) in [5.74, 6) is 0. The van der Waals surface area contributed by atoms with Crippen molar-refractivity contribution < 1.29 is 4.79 Å². The molecule has 3 nitrogen and oxygen atoms in total. The van der Waals surface area contributed by atoms with Crippen LogP contribution in [-0.2, 0) is 0 Å². The van der Waals surface area contributed by atoms with E-state index in [0.717, 1.165) is 35.0 Å². The van der Waals surface area contributed by atoms with E-state index < -0.39 is 0 Å². The molecule has 0 aliphatic carbocycles. The van der Waals surface area contributed by atoms with Crippen molar-refractivity contribution >= 4 is 22.8 Å². The highest BCUT2D eigenvalue weighted by molar-refractivity contribution is 7.17. The minimum absolute atomic E-state index is 0.610. The van der Waals surface area contributed by atoms with Gasteiger partial charge < -0.3 is 4.90 Å². The van der Waals surface area contributed by atoms with Crippen molar-refractivity contribution in [2.24, 2.45) is 0 Å². The van der Waals surface area contributed by atoms with Gasteiger partial charge in [-0.2, -0.15) is 0 Å². The topological polar surface area (TPSA) is 33.2 Å². The average Bonchev–Trinajstić information content (AvgIpc) is 2.70. The second-order valence-electron chi connectivity index (χ2n) is 4.32. The molecule has 0 bridgehead atoms. The first-order valence-corrected chi connectivity index (χ1v) is 6.77. The second kappa shape index (κ2) is 4.95. The summed E-state index contributed by atoms with van der Waals surface area (Å²) in [6.07, 6.45) is 5.90. The lowest BCUT2D eigenvalue weighted by Gasteiger charge is -2.34. The third-order valence-corrected chi connectivity index (χ3v) is 4.39. The Hall–Kier alpha value is -0.900. The van der Waals surface area contributed by atoms with E-state index in [1.807, 2.05) is 6.92 Å². The molecule has 0 N–H and O–H groups in total. The fourth-order valence-electron chi connectivity index (χ4n) is 2.30. The van der Waals surface area contributed by atoms with E-state index in [-0.39, 0.29) is 0 Å². The molecular weight excluding hydrogens is 220 g/mol. The normalized spacial score (nSPS) is 21.1. The van der Waals surface area contributed by atoms with Crippen LogP contribution in [0.1, 0.15) is 48.0 Å². The molecule has 0 saturated carbocycles. The number of rotatable bonds is 3. The Balaban J connectivity index is 2.23. The van der Waals surface area contributed by atoms with Crippen molar-refractivity contribution in [2.75, 3.05) is 11.4 Å². The third kappa shape index (κ3) is 2.12. The SMILES string of the molecule is CCC1CCCCN1c1nc(C)c(C=O)s1. The first-order valence-electron chi connectivity index (χ1n) is 5.95. The molecule has 2 heterocycles. The molecule has 1 aromatic rings. The molecule has 1 aliphatic heterocycles. The van der Waals surface area contributed by atoms with E-state index in [4.69, 9.17) is 0 Å². The van der Waals surface area contributed by atoms with Crippen molar-refractivity contribution in [1.29, 1.82) is 0 Å². The van der Waals surface area contributed by atoms with Gasteiger partial charge in [-0.25, -0.2) is 4.98 Å². The van der Waals surface area contributed by atoms with Crippen molar-refractivity contribution in [3.05, 3.63) is 10.6 Å². The zero-order valence-corrected chi connectivity index (χ0v) is 10.7. The number of carbonyl (C=O) groups is 1. The molecule has 1 saturated heterocycles. The zero-order valence-electron chi connectivity index (χ0n) is 9.90. The summed E-state index contributed by atoms with van der Waals surface area (Å²) in [7, 11) is 0. The number of carbonyl (C=O) groups excluding carboxylic acids is 1. The maximum absolute atomic E-state index is 10.8. The van der Waals surface area contributed by atoms with Gasteiger partial charge in [0.1, 0.15) is 0 Å². The minimum Gasteiger partial charge on any atom is -0.345 e. The van der Waals surface area contributed by atoms with Crippen molar-refractivity contribution in [3.8, 4) is 0 Å². The maximum Gasteiger partial charge on any atom is 0.186 e. The van der Waals surface area contributed by atoms with E-state index in [1.54, 1.807) is 0 Å². The Kier molecular flexibility index (Phi) is 3.59. The van der Waals surface area contributed by atoms with Crippen molar-refractivity contribution in [2.45, 2.75) is 45.6 Å². The number of piperidine rings is 1. The quantitative estimate of drug-likeness (QED) is 0.759. The summed E-state index contributed by atoms with van der Waals surface area (Å²) < 4.78 is 0. The summed E-state index contributed by atoms with van der Waals surface area (Å²) in [6.45, 7) is 5.22. The van der Waals surface area contributed by atoms with Crippen LogP contribution >= 0.6 is 11.3 Å². The van der Waals surface area contributed by atoms with E-state index in [9.17, 15) is 4.79 Å². The number of aldehydes is 1. The molecular formula is C12H18N2OS. The van der Waals surface area contributed by atoms with Gasteiger partial charge in [-0.3, -0.25) is 4.79 Å². The van der Waals surface area contributed by atoms with E-state index in [1.165, 1.54) is 30.6 Å². The van der Waals surface area contributed by atoms with Crippen LogP contribution in [0, 0.1) is 6.92 Å². The van der Waals surface area contributed by atoms with Crippen LogP contribution in [0.25, 0.3) is 0 Å². The molecule has 16 heavy (non-hydrogen) atoms. The summed E-state index contributed by atoms with van der Waals surface area (Å²) in [4.78, 5) is 18.5. The molecule has 2 rings (SSSR count). The molecule has 1 fully saturated rings. The van der Waals surface area contributed by atoms with E-state index >= 15 is 0 Å². The number of aromatic nitrogens is 1. The monoisotopic (exact) mass is 238 g/mol. The lowest BCUT2D eigenvalue weighted by atomic mass is 10.0. The van der Waals surface area contributed by atoms with Gasteiger partial charge in [-0.05, 0) is 32.6 Å². The first-order chi connectivity index (χ1) is 7.76. The van der Waals surface area contributed by atoms with Crippen LogP contribution in [0.3, 0.4) is 0 Å². The first kappa shape index (κ1) is 11.6. The number of hydrogen-bond acceptors (Lipinski definition) is 4. The van der Waals surface area contributed by atoms with Gasteiger partial charge in [0.25, 0.3) is 0 Å². The fraction of sp³-hybridized carbons (Fsp3) is 0.667. The number of anilines is 1. The molecule has 1 atom stereocenters. The van der Waals surface area contributed by atoms with Crippen LogP contribution < -0.4 is 4.90 Å². The molecule has 0 radical (unpaired) electrons. The lowest BCUT2D eigenvalue weighted by Crippen LogP contribution is -2.39. The second-order valence-corrected chi connectivity index (χ2v) is 5.32. The van der Waals surface area contributed by atoms with Crippen molar-refractivity contribution in [1.82, 2.24) is 4.98 Å². The molecule has 88 valence electrons. The van der Waals surface area contributed by atoms with E-state index in [0.29, 0.717) is 6.04 Å². The molecule has 1 aromatic heterocycles. The molecule has 0 spiro atoms. The smallest absolute Gasteiger partial charge is 0.186 e. The Labute approximate surface area is 100 Å². The van der Waals surface area contributed by atoms with Gasteiger partial charge in [-0.15, -0.1) is 0 Å². The molecule has 4 heteroatoms. The molecule has 0 amide bonds. The van der Waals surface area contributed by atoms with Gasteiger partial charge in [0, 0.05) is 12.6 Å². The number of aryl methyl sites for hydroxylation is 1. The largest absolute Gasteiger partial charge is 0.345 e. The number of thiazole rings is 1. The Morgan fingerprint density at radius 1 is 1.56 bits per heavy atom. The summed E-state index contributed by atoms with van der Waals surface area (Å²) in [5, 5.41) is 1.03. The molecule has 0 aromatic carbocycles. The van der Waals surface area contributed by atoms with Gasteiger partial charge in [0.2, 0.25) is 0 Å². The minimum atomic E-state index is 0.610. The Bertz CT molecular complexity index is 375. The van der Waals surface area contributed by atoms with Gasteiger partial charge in [0.15, 0.2) is 11.4 Å². The Morgan fingerprint density at radius 3 is 3.00 bits per heavy atom. The number of nitrogens with zero attached hydrogens (tertiary/aromatic N) is 2. The van der Waals surface area contributed by atoms with Crippen LogP contribution in [0.2, 0.25) is 0 Å². The average molecular weight is 238 g/mol. The predicted molar refractivity (Wildman–Crippen MR) is 67.5 cm³/mol. The highest BCUT2D eigenvalue weighted by Gasteiger charge is 2.24. The van der Waals surface area contributed by atoms with Gasteiger partial charge >= 0.3 is 0 Å². The molecule has 1 unspecified atom stereocenters. The fourth-order valence-corrected chi connectivity index (χ4v) is 3.28. The van der Waals surface area contributed by atoms with Crippen molar-refractivity contribution in [3.63, 3.8) is 0 Å². The van der Waals surface area contributed by atoms with Gasteiger partial charge in [0.05, 0.1) is 10.6 Å². The summed E-state index contributed by atoms with van der Waals surface area (Å²) >= 11 is 1.53. The molecule has 1 aliphatic rings. The highest BCUT2D eigenvalue weighted by atomic mass is 32.1. The highest BCUT2D eigenvalue weighted by Crippen LogP contribution is 2.31. The van der Waals surface area contributed by atoms with Crippen LogP contribution in [0.5, 0.6) is 0 Å². The third-order valence-electron chi connectivity index (χ3n) is 3.27. The number of hydrogen-bond donors (Lipinski definition) is 0. The maximum atomic E-state index is 10.8. The predicted octanol–water partition coefficient (Wildman–Crippen LogP) is 3.03.